The second-order valence-electron chi connectivity index (χ2n) is 4.13. The van der Waals surface area contributed by atoms with Gasteiger partial charge in [-0.15, -0.1) is 0 Å². The fourth-order valence-corrected chi connectivity index (χ4v) is 1.75. The lowest BCUT2D eigenvalue weighted by Crippen LogP contribution is -2.26. The molecule has 0 aliphatic rings. The summed E-state index contributed by atoms with van der Waals surface area (Å²) in [7, 11) is 0. The van der Waals surface area contributed by atoms with E-state index in [1.165, 1.54) is 0 Å². The van der Waals surface area contributed by atoms with Crippen molar-refractivity contribution in [3.05, 3.63) is 42.0 Å². The van der Waals surface area contributed by atoms with E-state index in [4.69, 9.17) is 9.63 Å². The number of aryl methyl sites for hydroxylation is 1. The number of hydrogen-bond donors (Lipinski definition) is 1. The highest BCUT2D eigenvalue weighted by molar-refractivity contribution is 5.67. The number of para-hydroxylation sites is 1. The van der Waals surface area contributed by atoms with Crippen molar-refractivity contribution < 1.29 is 14.4 Å². The molecule has 1 heterocycles. The van der Waals surface area contributed by atoms with E-state index in [0.29, 0.717) is 24.8 Å². The molecule has 1 N–H and O–H groups in total. The van der Waals surface area contributed by atoms with E-state index in [0.717, 1.165) is 5.69 Å². The first-order valence-corrected chi connectivity index (χ1v) is 5.96. The van der Waals surface area contributed by atoms with Crippen LogP contribution in [0.1, 0.15) is 18.1 Å². The number of anilines is 1. The van der Waals surface area contributed by atoms with Crippen molar-refractivity contribution in [1.29, 1.82) is 0 Å². The number of carboxylic acids is 1. The summed E-state index contributed by atoms with van der Waals surface area (Å²) in [4.78, 5) is 16.8. The SMILES string of the molecule is Cc1nc(CN(CCC(=O)O)c2ccccc2)no1. The average molecular weight is 261 g/mol. The summed E-state index contributed by atoms with van der Waals surface area (Å²) in [6.45, 7) is 2.54. The molecule has 6 nitrogen and oxygen atoms in total. The second kappa shape index (κ2) is 5.99. The summed E-state index contributed by atoms with van der Waals surface area (Å²) < 4.78 is 4.92. The molecule has 1 aromatic heterocycles. The first-order valence-electron chi connectivity index (χ1n) is 5.96. The third kappa shape index (κ3) is 3.80. The van der Waals surface area contributed by atoms with Crippen molar-refractivity contribution in [1.82, 2.24) is 10.1 Å². The van der Waals surface area contributed by atoms with Gasteiger partial charge in [0.05, 0.1) is 13.0 Å². The number of carbonyl (C=O) groups is 1. The molecule has 19 heavy (non-hydrogen) atoms. The molecular formula is C13H15N3O3. The second-order valence-corrected chi connectivity index (χ2v) is 4.13. The number of nitrogens with zero attached hydrogens (tertiary/aromatic N) is 3. The maximum absolute atomic E-state index is 10.7. The summed E-state index contributed by atoms with van der Waals surface area (Å²) in [5, 5.41) is 12.6. The predicted molar refractivity (Wildman–Crippen MR) is 68.8 cm³/mol. The minimum Gasteiger partial charge on any atom is -0.481 e. The molecule has 0 saturated carbocycles. The number of aromatic nitrogens is 2. The van der Waals surface area contributed by atoms with Gasteiger partial charge in [0.25, 0.3) is 0 Å². The Morgan fingerprint density at radius 2 is 2.11 bits per heavy atom. The van der Waals surface area contributed by atoms with Gasteiger partial charge in [-0.05, 0) is 12.1 Å². The molecule has 0 fully saturated rings. The van der Waals surface area contributed by atoms with Gasteiger partial charge in [0.2, 0.25) is 5.89 Å². The molecular weight excluding hydrogens is 246 g/mol. The molecule has 6 heteroatoms. The highest BCUT2D eigenvalue weighted by Crippen LogP contribution is 2.16. The Bertz CT molecular complexity index is 539. The van der Waals surface area contributed by atoms with Crippen molar-refractivity contribution >= 4 is 11.7 Å². The van der Waals surface area contributed by atoms with Crippen LogP contribution in [0.2, 0.25) is 0 Å². The third-order valence-corrected chi connectivity index (χ3v) is 2.62. The number of rotatable bonds is 6. The molecule has 0 saturated heterocycles. The normalized spacial score (nSPS) is 10.4. The molecule has 2 aromatic rings. The molecule has 0 radical (unpaired) electrons. The molecule has 1 aromatic carbocycles. The van der Waals surface area contributed by atoms with E-state index >= 15 is 0 Å². The number of hydrogen-bond acceptors (Lipinski definition) is 5. The van der Waals surface area contributed by atoms with Gasteiger partial charge in [-0.2, -0.15) is 4.98 Å². The van der Waals surface area contributed by atoms with Crippen molar-refractivity contribution in [2.24, 2.45) is 0 Å². The summed E-state index contributed by atoms with van der Waals surface area (Å²) in [5.41, 5.74) is 0.936. The molecule has 0 aliphatic carbocycles. The maximum Gasteiger partial charge on any atom is 0.305 e. The van der Waals surface area contributed by atoms with E-state index in [9.17, 15) is 4.79 Å². The summed E-state index contributed by atoms with van der Waals surface area (Å²) >= 11 is 0. The highest BCUT2D eigenvalue weighted by atomic mass is 16.5. The van der Waals surface area contributed by atoms with Crippen molar-refractivity contribution in [2.75, 3.05) is 11.4 Å². The quantitative estimate of drug-likeness (QED) is 0.855. The zero-order valence-electron chi connectivity index (χ0n) is 10.6. The Kier molecular flexibility index (Phi) is 4.12. The largest absolute Gasteiger partial charge is 0.481 e. The Morgan fingerprint density at radius 3 is 2.68 bits per heavy atom. The Balaban J connectivity index is 2.12. The monoisotopic (exact) mass is 261 g/mol. The summed E-state index contributed by atoms with van der Waals surface area (Å²) in [6, 6.07) is 9.58. The minimum atomic E-state index is -0.828. The lowest BCUT2D eigenvalue weighted by Gasteiger charge is -2.22. The molecule has 0 aliphatic heterocycles. The molecule has 0 bridgehead atoms. The molecule has 0 amide bonds. The smallest absolute Gasteiger partial charge is 0.305 e. The van der Waals surface area contributed by atoms with Gasteiger partial charge in [0.15, 0.2) is 5.82 Å². The van der Waals surface area contributed by atoms with Gasteiger partial charge in [0, 0.05) is 19.2 Å². The van der Waals surface area contributed by atoms with Crippen LogP contribution >= 0.6 is 0 Å². The van der Waals surface area contributed by atoms with E-state index in [1.54, 1.807) is 6.92 Å². The van der Waals surface area contributed by atoms with Crippen LogP contribution in [-0.2, 0) is 11.3 Å². The van der Waals surface area contributed by atoms with Gasteiger partial charge in [-0.1, -0.05) is 23.4 Å². The van der Waals surface area contributed by atoms with Crippen molar-refractivity contribution in [3.63, 3.8) is 0 Å². The van der Waals surface area contributed by atoms with Crippen LogP contribution in [0, 0.1) is 6.92 Å². The topological polar surface area (TPSA) is 79.5 Å². The highest BCUT2D eigenvalue weighted by Gasteiger charge is 2.12. The van der Waals surface area contributed by atoms with Crippen molar-refractivity contribution in [2.45, 2.75) is 19.9 Å². The number of benzene rings is 1. The van der Waals surface area contributed by atoms with E-state index < -0.39 is 5.97 Å². The maximum atomic E-state index is 10.7. The minimum absolute atomic E-state index is 0.0612. The molecule has 2 rings (SSSR count). The van der Waals surface area contributed by atoms with Crippen molar-refractivity contribution in [3.8, 4) is 0 Å². The van der Waals surface area contributed by atoms with Crippen LogP contribution in [-0.4, -0.2) is 27.8 Å². The third-order valence-electron chi connectivity index (χ3n) is 2.62. The lowest BCUT2D eigenvalue weighted by molar-refractivity contribution is -0.136. The average Bonchev–Trinajstić information content (AvgIpc) is 2.81. The Morgan fingerprint density at radius 1 is 1.37 bits per heavy atom. The van der Waals surface area contributed by atoms with Crippen LogP contribution < -0.4 is 4.90 Å². The molecule has 100 valence electrons. The zero-order valence-corrected chi connectivity index (χ0v) is 10.6. The first kappa shape index (κ1) is 13.1. The Hall–Kier alpha value is -2.37. The van der Waals surface area contributed by atoms with E-state index in [2.05, 4.69) is 10.1 Å². The number of carboxylic acid groups (broad SMARTS) is 1. The first-order chi connectivity index (χ1) is 9.15. The fourth-order valence-electron chi connectivity index (χ4n) is 1.75. The summed E-state index contributed by atoms with van der Waals surface area (Å²) in [5.74, 6) is 0.221. The van der Waals surface area contributed by atoms with Gasteiger partial charge in [0.1, 0.15) is 0 Å². The molecule has 0 atom stereocenters. The summed E-state index contributed by atoms with van der Waals surface area (Å²) in [6.07, 6.45) is 0.0612. The fraction of sp³-hybridized carbons (Fsp3) is 0.308. The zero-order chi connectivity index (χ0) is 13.7. The van der Waals surface area contributed by atoms with E-state index in [1.807, 2.05) is 35.2 Å². The lowest BCUT2D eigenvalue weighted by atomic mass is 10.2. The van der Waals surface area contributed by atoms with Crippen LogP contribution in [0.15, 0.2) is 34.9 Å². The van der Waals surface area contributed by atoms with Gasteiger partial charge in [-0.25, -0.2) is 0 Å². The van der Waals surface area contributed by atoms with Crippen LogP contribution in [0.4, 0.5) is 5.69 Å². The molecule has 0 unspecified atom stereocenters. The predicted octanol–water partition coefficient (Wildman–Crippen LogP) is 1.86. The van der Waals surface area contributed by atoms with Gasteiger partial charge < -0.3 is 14.5 Å². The van der Waals surface area contributed by atoms with Crippen LogP contribution in [0.3, 0.4) is 0 Å². The standard InChI is InChI=1S/C13H15N3O3/c1-10-14-12(15-19-10)9-16(8-7-13(17)18)11-5-3-2-4-6-11/h2-6H,7-9H2,1H3,(H,17,18). The van der Waals surface area contributed by atoms with Gasteiger partial charge >= 0.3 is 5.97 Å². The van der Waals surface area contributed by atoms with Crippen LogP contribution in [0.25, 0.3) is 0 Å². The van der Waals surface area contributed by atoms with Gasteiger partial charge in [-0.3, -0.25) is 4.79 Å². The van der Waals surface area contributed by atoms with Crippen LogP contribution in [0.5, 0.6) is 0 Å². The Labute approximate surface area is 110 Å². The molecule has 0 spiro atoms. The van der Waals surface area contributed by atoms with E-state index in [-0.39, 0.29) is 6.42 Å². The number of aliphatic carboxylic acids is 1.